The minimum atomic E-state index is -3.90. The van der Waals surface area contributed by atoms with Crippen LogP contribution in [0.4, 0.5) is 0 Å². The lowest BCUT2D eigenvalue weighted by Crippen LogP contribution is -2.34. The Labute approximate surface area is 189 Å². The zero-order chi connectivity index (χ0) is 23.5. The number of carbonyl (C=O) groups excluding carboxylic acids is 1. The van der Waals surface area contributed by atoms with Crippen LogP contribution in [0.25, 0.3) is 11.3 Å². The minimum Gasteiger partial charge on any atom is -0.376 e. The number of hydrogen-bond donors (Lipinski definition) is 4. The number of benzene rings is 1. The Kier molecular flexibility index (Phi) is 7.20. The van der Waals surface area contributed by atoms with Gasteiger partial charge in [0.25, 0.3) is 10.0 Å². The van der Waals surface area contributed by atoms with E-state index in [0.717, 1.165) is 42.6 Å². The van der Waals surface area contributed by atoms with Crippen LogP contribution in [0.1, 0.15) is 48.7 Å². The van der Waals surface area contributed by atoms with Crippen molar-refractivity contribution in [2.45, 2.75) is 39.5 Å². The standard InChI is InChI=1S/C23H31N5O3S/c1-14-13-21(28-27-14)17-9-11-18(12-10-17)22(29)20-8-6-5-7-19(20)15(2)26-16(3)23(25-4)32(24,30)31/h9-13,19-20,25-26H,2,5-8H2,1,3-4H3,(H,27,28)(H2,24,30,31)/b23-16-/t19-,20+/m0/s1. The van der Waals surface area contributed by atoms with Crippen molar-refractivity contribution in [3.8, 4) is 11.3 Å². The third-order valence-electron chi connectivity index (χ3n) is 5.94. The molecule has 0 radical (unpaired) electrons. The molecule has 172 valence electrons. The first-order chi connectivity index (χ1) is 15.1. The quantitative estimate of drug-likeness (QED) is 0.451. The van der Waals surface area contributed by atoms with Crippen LogP contribution in [0.15, 0.2) is 53.3 Å². The molecule has 1 aliphatic rings. The summed E-state index contributed by atoms with van der Waals surface area (Å²) < 4.78 is 23.6. The first-order valence-corrected chi connectivity index (χ1v) is 12.2. The molecule has 2 atom stereocenters. The fourth-order valence-electron chi connectivity index (χ4n) is 4.39. The molecule has 1 aromatic carbocycles. The molecule has 8 nitrogen and oxygen atoms in total. The van der Waals surface area contributed by atoms with Gasteiger partial charge in [-0.15, -0.1) is 0 Å². The maximum Gasteiger partial charge on any atom is 0.254 e. The Bertz CT molecular complexity index is 1130. The highest BCUT2D eigenvalue weighted by Crippen LogP contribution is 2.36. The second-order valence-electron chi connectivity index (χ2n) is 8.26. The van der Waals surface area contributed by atoms with E-state index in [1.165, 1.54) is 7.05 Å². The Hall–Kier alpha value is -2.91. The molecule has 0 saturated heterocycles. The van der Waals surface area contributed by atoms with Crippen molar-refractivity contribution in [1.29, 1.82) is 0 Å². The number of nitrogens with two attached hydrogens (primary N) is 1. The van der Waals surface area contributed by atoms with E-state index < -0.39 is 10.0 Å². The van der Waals surface area contributed by atoms with Crippen molar-refractivity contribution in [1.82, 2.24) is 20.8 Å². The average Bonchev–Trinajstić information content (AvgIpc) is 3.19. The van der Waals surface area contributed by atoms with Crippen LogP contribution in [0.2, 0.25) is 0 Å². The number of ketones is 1. The third kappa shape index (κ3) is 5.28. The molecule has 1 fully saturated rings. The zero-order valence-corrected chi connectivity index (χ0v) is 19.6. The number of aryl methyl sites for hydroxylation is 1. The van der Waals surface area contributed by atoms with Gasteiger partial charge in [-0.1, -0.05) is 43.7 Å². The molecule has 0 spiro atoms. The first kappa shape index (κ1) is 23.7. The topological polar surface area (TPSA) is 130 Å². The van der Waals surface area contributed by atoms with Crippen molar-refractivity contribution in [3.63, 3.8) is 0 Å². The predicted molar refractivity (Wildman–Crippen MR) is 126 cm³/mol. The third-order valence-corrected chi connectivity index (χ3v) is 7.02. The van der Waals surface area contributed by atoms with E-state index in [4.69, 9.17) is 5.14 Å². The summed E-state index contributed by atoms with van der Waals surface area (Å²) in [6.07, 6.45) is 3.54. The largest absolute Gasteiger partial charge is 0.376 e. The van der Waals surface area contributed by atoms with Crippen LogP contribution < -0.4 is 15.8 Å². The summed E-state index contributed by atoms with van der Waals surface area (Å²) in [4.78, 5) is 13.4. The maximum atomic E-state index is 13.4. The molecule has 1 heterocycles. The van der Waals surface area contributed by atoms with Crippen LogP contribution in [0, 0.1) is 18.8 Å². The number of nitrogens with zero attached hydrogens (tertiary/aromatic N) is 1. The van der Waals surface area contributed by atoms with E-state index in [1.807, 2.05) is 37.3 Å². The number of allylic oxidation sites excluding steroid dienone is 2. The summed E-state index contributed by atoms with van der Waals surface area (Å²) in [7, 11) is -2.40. The van der Waals surface area contributed by atoms with Crippen LogP contribution in [-0.4, -0.2) is 31.4 Å². The van der Waals surface area contributed by atoms with E-state index in [0.29, 0.717) is 17.0 Å². The van der Waals surface area contributed by atoms with Gasteiger partial charge in [0.1, 0.15) is 0 Å². The highest BCUT2D eigenvalue weighted by molar-refractivity contribution is 7.93. The molecule has 2 aromatic rings. The number of primary sulfonamides is 1. The Morgan fingerprint density at radius 1 is 1.19 bits per heavy atom. The molecule has 1 aliphatic carbocycles. The molecule has 5 N–H and O–H groups in total. The van der Waals surface area contributed by atoms with E-state index in [9.17, 15) is 13.2 Å². The molecule has 3 rings (SSSR count). The lowest BCUT2D eigenvalue weighted by Gasteiger charge is -2.33. The predicted octanol–water partition coefficient (Wildman–Crippen LogP) is 3.17. The number of aromatic nitrogens is 2. The monoisotopic (exact) mass is 457 g/mol. The van der Waals surface area contributed by atoms with Crippen molar-refractivity contribution < 1.29 is 13.2 Å². The Morgan fingerprint density at radius 3 is 2.34 bits per heavy atom. The van der Waals surface area contributed by atoms with Gasteiger partial charge in [0.15, 0.2) is 10.8 Å². The number of aromatic amines is 1. The molecule has 0 aliphatic heterocycles. The number of nitrogens with one attached hydrogen (secondary N) is 3. The number of Topliss-reactive ketones (excluding diaryl/α,β-unsaturated/α-hetero) is 1. The highest BCUT2D eigenvalue weighted by atomic mass is 32.2. The van der Waals surface area contributed by atoms with Crippen molar-refractivity contribution >= 4 is 15.8 Å². The molecular weight excluding hydrogens is 426 g/mol. The number of hydrogen-bond acceptors (Lipinski definition) is 6. The fourth-order valence-corrected chi connectivity index (χ4v) is 5.16. The summed E-state index contributed by atoms with van der Waals surface area (Å²) in [5, 5.41) is 18.0. The normalized spacial score (nSPS) is 19.8. The maximum absolute atomic E-state index is 13.4. The average molecular weight is 458 g/mol. The van der Waals surface area contributed by atoms with Crippen LogP contribution in [0.5, 0.6) is 0 Å². The van der Waals surface area contributed by atoms with Gasteiger partial charge in [-0.3, -0.25) is 9.89 Å². The molecule has 0 bridgehead atoms. The second kappa shape index (κ2) is 9.70. The summed E-state index contributed by atoms with van der Waals surface area (Å²) in [5.74, 6) is -0.240. The molecule has 1 aromatic heterocycles. The number of rotatable bonds is 8. The molecule has 0 amide bonds. The Balaban J connectivity index is 1.79. The Morgan fingerprint density at radius 2 is 1.81 bits per heavy atom. The van der Waals surface area contributed by atoms with Crippen LogP contribution >= 0.6 is 0 Å². The van der Waals surface area contributed by atoms with Crippen LogP contribution in [-0.2, 0) is 10.0 Å². The summed E-state index contributed by atoms with van der Waals surface area (Å²) in [6.45, 7) is 7.67. The lowest BCUT2D eigenvalue weighted by atomic mass is 9.74. The van der Waals surface area contributed by atoms with Gasteiger partial charge in [-0.2, -0.15) is 5.10 Å². The van der Waals surface area contributed by atoms with Gasteiger partial charge in [-0.25, -0.2) is 13.6 Å². The van der Waals surface area contributed by atoms with Crippen LogP contribution in [0.3, 0.4) is 0 Å². The van der Waals surface area contributed by atoms with Gasteiger partial charge in [0.2, 0.25) is 0 Å². The van der Waals surface area contributed by atoms with E-state index >= 15 is 0 Å². The van der Waals surface area contributed by atoms with Gasteiger partial charge < -0.3 is 10.6 Å². The molecule has 32 heavy (non-hydrogen) atoms. The van der Waals surface area contributed by atoms with E-state index in [2.05, 4.69) is 27.4 Å². The summed E-state index contributed by atoms with van der Waals surface area (Å²) in [6, 6.07) is 9.49. The van der Waals surface area contributed by atoms with Crippen molar-refractivity contribution in [2.75, 3.05) is 7.05 Å². The fraction of sp³-hybridized carbons (Fsp3) is 0.391. The van der Waals surface area contributed by atoms with E-state index in [-0.39, 0.29) is 22.6 Å². The molecule has 1 saturated carbocycles. The summed E-state index contributed by atoms with van der Waals surface area (Å²) >= 11 is 0. The first-order valence-electron chi connectivity index (χ1n) is 10.7. The smallest absolute Gasteiger partial charge is 0.254 e. The number of sulfonamides is 1. The molecule has 0 unspecified atom stereocenters. The number of carbonyl (C=O) groups is 1. The minimum absolute atomic E-state index is 0.0758. The lowest BCUT2D eigenvalue weighted by molar-refractivity contribution is 0.0844. The number of H-pyrrole nitrogens is 1. The van der Waals surface area contributed by atoms with Crippen molar-refractivity contribution in [2.24, 2.45) is 17.0 Å². The van der Waals surface area contributed by atoms with E-state index in [1.54, 1.807) is 6.92 Å². The van der Waals surface area contributed by atoms with Gasteiger partial charge in [-0.05, 0) is 38.3 Å². The van der Waals surface area contributed by atoms with Gasteiger partial charge in [0.05, 0.1) is 11.4 Å². The van der Waals surface area contributed by atoms with Gasteiger partial charge >= 0.3 is 0 Å². The second-order valence-corrected chi connectivity index (χ2v) is 9.76. The molecular formula is C23H31N5O3S. The summed E-state index contributed by atoms with van der Waals surface area (Å²) in [5.41, 5.74) is 4.42. The van der Waals surface area contributed by atoms with Crippen molar-refractivity contribution in [3.05, 3.63) is 64.6 Å². The van der Waals surface area contributed by atoms with Gasteiger partial charge in [0, 0.05) is 35.8 Å². The zero-order valence-electron chi connectivity index (χ0n) is 18.7. The SMILES string of the molecule is C=C(N/C(C)=C(/NC)S(N)(=O)=O)[C@@H]1CCCC[C@H]1C(=O)c1ccc(-c2cc(C)n[nH]2)cc1. The highest BCUT2D eigenvalue weighted by Gasteiger charge is 2.33. The molecule has 9 heteroatoms.